The lowest BCUT2D eigenvalue weighted by atomic mass is 9.99. The molecule has 7 heteroatoms. The zero-order valence-corrected chi connectivity index (χ0v) is 12.9. The van der Waals surface area contributed by atoms with Crippen molar-refractivity contribution in [3.05, 3.63) is 17.9 Å². The van der Waals surface area contributed by atoms with Gasteiger partial charge in [0.15, 0.2) is 5.76 Å². The lowest BCUT2D eigenvalue weighted by molar-refractivity contribution is 0.0659. The summed E-state index contributed by atoms with van der Waals surface area (Å²) in [5.41, 5.74) is 0. The fourth-order valence-electron chi connectivity index (χ4n) is 2.43. The maximum absolute atomic E-state index is 12.3. The van der Waals surface area contributed by atoms with E-state index in [0.717, 1.165) is 25.7 Å². The van der Waals surface area contributed by atoms with Crippen LogP contribution in [0.5, 0.6) is 0 Å². The number of furan rings is 1. The van der Waals surface area contributed by atoms with Gasteiger partial charge in [-0.3, -0.25) is 4.79 Å². The second-order valence-electron chi connectivity index (χ2n) is 5.99. The lowest BCUT2D eigenvalue weighted by Gasteiger charge is -2.29. The van der Waals surface area contributed by atoms with Crippen LogP contribution in [0, 0.1) is 5.92 Å². The lowest BCUT2D eigenvalue weighted by Crippen LogP contribution is -2.37. The van der Waals surface area contributed by atoms with Crippen LogP contribution in [0.25, 0.3) is 0 Å². The Hall–Kier alpha value is -1.34. The zero-order valence-electron chi connectivity index (χ0n) is 12.0. The first kappa shape index (κ1) is 14.6. The Labute approximate surface area is 124 Å². The van der Waals surface area contributed by atoms with Crippen LogP contribution in [0.1, 0.15) is 43.2 Å². The Morgan fingerprint density at radius 3 is 2.52 bits per heavy atom. The van der Waals surface area contributed by atoms with E-state index in [2.05, 4.69) is 11.6 Å². The van der Waals surface area contributed by atoms with E-state index in [-0.39, 0.29) is 22.8 Å². The maximum Gasteiger partial charge on any atom is 0.289 e. The SMILES string of the molecule is CC1CCN(C(=O)c2ccc(S(=O)(=O)NC3CC3)o2)CC1. The topological polar surface area (TPSA) is 79.6 Å². The highest BCUT2D eigenvalue weighted by atomic mass is 32.2. The molecule has 0 bridgehead atoms. The molecule has 1 aromatic rings. The first-order chi connectivity index (χ1) is 9.95. The Balaban J connectivity index is 1.70. The van der Waals surface area contributed by atoms with Gasteiger partial charge < -0.3 is 9.32 Å². The molecule has 1 N–H and O–H groups in total. The highest BCUT2D eigenvalue weighted by molar-refractivity contribution is 7.89. The fourth-order valence-corrected chi connectivity index (χ4v) is 3.66. The van der Waals surface area contributed by atoms with Crippen molar-refractivity contribution in [3.63, 3.8) is 0 Å². The Kier molecular flexibility index (Phi) is 3.79. The molecular formula is C14H20N2O4S. The molecule has 0 unspecified atom stereocenters. The number of nitrogens with zero attached hydrogens (tertiary/aromatic N) is 1. The predicted molar refractivity (Wildman–Crippen MR) is 76.4 cm³/mol. The van der Waals surface area contributed by atoms with Crippen molar-refractivity contribution in [3.8, 4) is 0 Å². The van der Waals surface area contributed by atoms with Crippen LogP contribution in [-0.4, -0.2) is 38.4 Å². The Bertz CT molecular complexity index is 625. The van der Waals surface area contributed by atoms with E-state index in [1.165, 1.54) is 12.1 Å². The first-order valence-corrected chi connectivity index (χ1v) is 8.85. The van der Waals surface area contributed by atoms with Gasteiger partial charge in [-0.1, -0.05) is 6.92 Å². The average molecular weight is 312 g/mol. The number of carbonyl (C=O) groups excluding carboxylic acids is 1. The smallest absolute Gasteiger partial charge is 0.289 e. The van der Waals surface area contributed by atoms with Crippen molar-refractivity contribution < 1.29 is 17.6 Å². The Morgan fingerprint density at radius 1 is 1.24 bits per heavy atom. The summed E-state index contributed by atoms with van der Waals surface area (Å²) in [5, 5.41) is -0.178. The normalized spacial score (nSPS) is 20.7. The number of hydrogen-bond acceptors (Lipinski definition) is 4. The molecular weight excluding hydrogens is 292 g/mol. The number of likely N-dealkylation sites (tertiary alicyclic amines) is 1. The van der Waals surface area contributed by atoms with E-state index in [9.17, 15) is 13.2 Å². The summed E-state index contributed by atoms with van der Waals surface area (Å²) in [6.45, 7) is 3.56. The van der Waals surface area contributed by atoms with Crippen molar-refractivity contribution >= 4 is 15.9 Å². The van der Waals surface area contributed by atoms with Gasteiger partial charge in [0.1, 0.15) is 0 Å². The molecule has 116 valence electrons. The number of amides is 1. The highest BCUT2D eigenvalue weighted by Gasteiger charge is 2.31. The van der Waals surface area contributed by atoms with E-state index in [4.69, 9.17) is 4.42 Å². The van der Waals surface area contributed by atoms with Crippen molar-refractivity contribution in [2.45, 2.75) is 43.7 Å². The van der Waals surface area contributed by atoms with Crippen molar-refractivity contribution in [2.75, 3.05) is 13.1 Å². The molecule has 0 radical (unpaired) electrons. The predicted octanol–water partition coefficient (Wildman–Crippen LogP) is 1.59. The standard InChI is InChI=1S/C14H20N2O4S/c1-10-6-8-16(9-7-10)14(17)12-4-5-13(20-12)21(18,19)15-11-2-3-11/h4-5,10-11,15H,2-3,6-9H2,1H3. The molecule has 1 aliphatic carbocycles. The first-order valence-electron chi connectivity index (χ1n) is 7.37. The number of carbonyl (C=O) groups is 1. The van der Waals surface area contributed by atoms with Gasteiger partial charge in [-0.2, -0.15) is 0 Å². The number of nitrogens with one attached hydrogen (secondary N) is 1. The largest absolute Gasteiger partial charge is 0.438 e. The number of piperidine rings is 1. The molecule has 2 fully saturated rings. The molecule has 1 amide bonds. The third kappa shape index (κ3) is 3.29. The van der Waals surface area contributed by atoms with E-state index in [1.54, 1.807) is 4.90 Å². The van der Waals surface area contributed by atoms with Crippen molar-refractivity contribution in [2.24, 2.45) is 5.92 Å². The van der Waals surface area contributed by atoms with Crippen molar-refractivity contribution in [1.29, 1.82) is 0 Å². The van der Waals surface area contributed by atoms with Crippen molar-refractivity contribution in [1.82, 2.24) is 9.62 Å². The van der Waals surface area contributed by atoms with Crippen LogP contribution in [0.15, 0.2) is 21.6 Å². The van der Waals surface area contributed by atoms with E-state index in [1.807, 2.05) is 0 Å². The second-order valence-corrected chi connectivity index (χ2v) is 7.63. The van der Waals surface area contributed by atoms with Gasteiger partial charge in [-0.25, -0.2) is 13.1 Å². The summed E-state index contributed by atoms with van der Waals surface area (Å²) < 4.78 is 31.8. The summed E-state index contributed by atoms with van der Waals surface area (Å²) >= 11 is 0. The summed E-state index contributed by atoms with van der Waals surface area (Å²) in [5.74, 6) is 0.500. The maximum atomic E-state index is 12.3. The molecule has 1 saturated heterocycles. The van der Waals surface area contributed by atoms with E-state index < -0.39 is 10.0 Å². The van der Waals surface area contributed by atoms with Gasteiger partial charge >= 0.3 is 0 Å². The molecule has 21 heavy (non-hydrogen) atoms. The summed E-state index contributed by atoms with van der Waals surface area (Å²) in [6.07, 6.45) is 3.66. The Morgan fingerprint density at radius 2 is 1.90 bits per heavy atom. The highest BCUT2D eigenvalue weighted by Crippen LogP contribution is 2.24. The van der Waals surface area contributed by atoms with Gasteiger partial charge in [0.25, 0.3) is 15.9 Å². The van der Waals surface area contributed by atoms with Gasteiger partial charge in [0, 0.05) is 19.1 Å². The molecule has 1 aromatic heterocycles. The molecule has 6 nitrogen and oxygen atoms in total. The zero-order chi connectivity index (χ0) is 15.0. The van der Waals surface area contributed by atoms with Gasteiger partial charge in [0.2, 0.25) is 5.09 Å². The number of rotatable bonds is 4. The summed E-state index contributed by atoms with van der Waals surface area (Å²) in [7, 11) is -3.64. The van der Waals surface area contributed by atoms with Crippen LogP contribution in [0.4, 0.5) is 0 Å². The molecule has 0 spiro atoms. The fraction of sp³-hybridized carbons (Fsp3) is 0.643. The van der Waals surface area contributed by atoms with Crippen LogP contribution < -0.4 is 4.72 Å². The van der Waals surface area contributed by atoms with Crippen LogP contribution in [0.2, 0.25) is 0 Å². The summed E-state index contributed by atoms with van der Waals surface area (Å²) in [6, 6.07) is 2.81. The monoisotopic (exact) mass is 312 g/mol. The number of hydrogen-bond donors (Lipinski definition) is 1. The third-order valence-electron chi connectivity index (χ3n) is 4.03. The second kappa shape index (κ2) is 5.46. The minimum atomic E-state index is -3.64. The van der Waals surface area contributed by atoms with Crippen LogP contribution >= 0.6 is 0 Å². The summed E-state index contributed by atoms with van der Waals surface area (Å²) in [4.78, 5) is 14.0. The average Bonchev–Trinajstić information content (AvgIpc) is 3.09. The molecule has 3 rings (SSSR count). The number of sulfonamides is 1. The molecule has 0 aromatic carbocycles. The molecule has 1 saturated carbocycles. The quantitative estimate of drug-likeness (QED) is 0.915. The van der Waals surface area contributed by atoms with E-state index in [0.29, 0.717) is 19.0 Å². The molecule has 2 heterocycles. The minimum absolute atomic E-state index is 0.0165. The molecule has 1 aliphatic heterocycles. The van der Waals surface area contributed by atoms with Crippen LogP contribution in [-0.2, 0) is 10.0 Å². The van der Waals surface area contributed by atoms with Gasteiger partial charge in [-0.15, -0.1) is 0 Å². The van der Waals surface area contributed by atoms with E-state index >= 15 is 0 Å². The van der Waals surface area contributed by atoms with Gasteiger partial charge in [0.05, 0.1) is 0 Å². The van der Waals surface area contributed by atoms with Gasteiger partial charge in [-0.05, 0) is 43.7 Å². The molecule has 0 atom stereocenters. The minimum Gasteiger partial charge on any atom is -0.438 e. The third-order valence-corrected chi connectivity index (χ3v) is 5.42. The van der Waals surface area contributed by atoms with Crippen LogP contribution in [0.3, 0.4) is 0 Å². The molecule has 2 aliphatic rings.